The van der Waals surface area contributed by atoms with E-state index in [1.165, 1.54) is 10.4 Å². The summed E-state index contributed by atoms with van der Waals surface area (Å²) >= 11 is 0. The number of hydrogen-bond donors (Lipinski definition) is 1. The zero-order valence-corrected chi connectivity index (χ0v) is 13.0. The van der Waals surface area contributed by atoms with Crippen LogP contribution in [0.3, 0.4) is 0 Å². The molecule has 0 amide bonds. The Morgan fingerprint density at radius 3 is 2.37 bits per heavy atom. The number of benzene rings is 1. The second kappa shape index (κ2) is 5.61. The first-order chi connectivity index (χ1) is 8.60. The summed E-state index contributed by atoms with van der Waals surface area (Å²) in [7, 11) is -1.94. The van der Waals surface area contributed by atoms with Gasteiger partial charge in [-0.15, -0.1) is 0 Å². The van der Waals surface area contributed by atoms with Crippen LogP contribution in [0.5, 0.6) is 0 Å². The summed E-state index contributed by atoms with van der Waals surface area (Å²) in [6.07, 6.45) is 0. The molecule has 0 fully saturated rings. The van der Waals surface area contributed by atoms with Gasteiger partial charge in [0.25, 0.3) is 0 Å². The third kappa shape index (κ3) is 3.55. The summed E-state index contributed by atoms with van der Waals surface area (Å²) < 4.78 is 26.5. The predicted molar refractivity (Wildman–Crippen MR) is 76.2 cm³/mol. The fourth-order valence-corrected chi connectivity index (χ4v) is 3.34. The summed E-state index contributed by atoms with van der Waals surface area (Å²) in [4.78, 5) is 0.220. The van der Waals surface area contributed by atoms with Crippen LogP contribution < -0.4 is 0 Å². The molecule has 19 heavy (non-hydrogen) atoms. The normalized spacial score (nSPS) is 14.7. The van der Waals surface area contributed by atoms with Gasteiger partial charge in [0.2, 0.25) is 10.0 Å². The van der Waals surface area contributed by atoms with E-state index in [9.17, 15) is 8.42 Å². The Morgan fingerprint density at radius 1 is 1.32 bits per heavy atom. The molecule has 1 rings (SSSR count). The van der Waals surface area contributed by atoms with Crippen LogP contribution in [-0.4, -0.2) is 30.9 Å². The fraction of sp³-hybridized carbons (Fsp3) is 0.571. The molecule has 1 aromatic carbocycles. The van der Waals surface area contributed by atoms with Crippen molar-refractivity contribution in [1.82, 2.24) is 4.31 Å². The third-order valence-electron chi connectivity index (χ3n) is 3.56. The zero-order valence-electron chi connectivity index (χ0n) is 12.2. The molecule has 0 bridgehead atoms. The molecular formula is C14H23NO3S. The van der Waals surface area contributed by atoms with Gasteiger partial charge in [-0.3, -0.25) is 0 Å². The lowest BCUT2D eigenvalue weighted by Gasteiger charge is -2.34. The molecule has 108 valence electrons. The SMILES string of the molecule is CC(N(C)S(=O)(=O)c1cccc(CO)c1)C(C)(C)C. The van der Waals surface area contributed by atoms with Gasteiger partial charge in [-0.25, -0.2) is 8.42 Å². The molecule has 0 aliphatic carbocycles. The van der Waals surface area contributed by atoms with E-state index >= 15 is 0 Å². The maximum absolute atomic E-state index is 12.5. The second-order valence-electron chi connectivity index (χ2n) is 5.87. The molecule has 5 heteroatoms. The quantitative estimate of drug-likeness (QED) is 0.923. The van der Waals surface area contributed by atoms with Crippen molar-refractivity contribution in [3.05, 3.63) is 29.8 Å². The third-order valence-corrected chi connectivity index (χ3v) is 5.48. The highest BCUT2D eigenvalue weighted by Crippen LogP contribution is 2.27. The van der Waals surface area contributed by atoms with Gasteiger partial charge in [-0.05, 0) is 30.0 Å². The van der Waals surface area contributed by atoms with Crippen LogP contribution in [0.1, 0.15) is 33.3 Å². The molecule has 1 unspecified atom stereocenters. The highest BCUT2D eigenvalue weighted by molar-refractivity contribution is 7.89. The smallest absolute Gasteiger partial charge is 0.243 e. The van der Waals surface area contributed by atoms with Crippen LogP contribution in [0.4, 0.5) is 0 Å². The Balaban J connectivity index is 3.16. The summed E-state index contributed by atoms with van der Waals surface area (Å²) in [5, 5.41) is 9.10. The number of aliphatic hydroxyl groups excluding tert-OH is 1. The largest absolute Gasteiger partial charge is 0.392 e. The monoisotopic (exact) mass is 285 g/mol. The minimum Gasteiger partial charge on any atom is -0.392 e. The summed E-state index contributed by atoms with van der Waals surface area (Å²) in [5.41, 5.74) is 0.453. The number of aliphatic hydroxyl groups is 1. The van der Waals surface area contributed by atoms with Crippen LogP contribution >= 0.6 is 0 Å². The lowest BCUT2D eigenvalue weighted by molar-refractivity contribution is 0.216. The number of hydrogen-bond acceptors (Lipinski definition) is 3. The summed E-state index contributed by atoms with van der Waals surface area (Å²) in [6, 6.07) is 6.29. The van der Waals surface area contributed by atoms with Crippen LogP contribution in [0.2, 0.25) is 0 Å². The molecular weight excluding hydrogens is 262 g/mol. The molecule has 0 aromatic heterocycles. The Kier molecular flexibility index (Phi) is 4.76. The molecule has 0 radical (unpaired) electrons. The van der Waals surface area contributed by atoms with Crippen molar-refractivity contribution in [1.29, 1.82) is 0 Å². The molecule has 0 saturated heterocycles. The van der Waals surface area contributed by atoms with Crippen LogP contribution in [0.15, 0.2) is 29.2 Å². The van der Waals surface area contributed by atoms with Crippen molar-refractivity contribution in [3.63, 3.8) is 0 Å². The highest BCUT2D eigenvalue weighted by atomic mass is 32.2. The topological polar surface area (TPSA) is 57.6 Å². The van der Waals surface area contributed by atoms with E-state index in [0.29, 0.717) is 5.56 Å². The molecule has 0 spiro atoms. The minimum atomic E-state index is -3.53. The van der Waals surface area contributed by atoms with Gasteiger partial charge in [0.15, 0.2) is 0 Å². The standard InChI is InChI=1S/C14H23NO3S/c1-11(14(2,3)4)15(5)19(17,18)13-8-6-7-12(9-13)10-16/h6-9,11,16H,10H2,1-5H3. The molecule has 1 N–H and O–H groups in total. The molecule has 4 nitrogen and oxygen atoms in total. The average Bonchev–Trinajstić information content (AvgIpc) is 2.35. The maximum atomic E-state index is 12.5. The number of sulfonamides is 1. The minimum absolute atomic E-state index is 0.129. The van der Waals surface area contributed by atoms with Gasteiger partial charge in [0.1, 0.15) is 0 Å². The van der Waals surface area contributed by atoms with Crippen molar-refractivity contribution in [2.24, 2.45) is 5.41 Å². The fourth-order valence-electron chi connectivity index (χ4n) is 1.72. The van der Waals surface area contributed by atoms with Crippen LogP contribution in [-0.2, 0) is 16.6 Å². The molecule has 1 atom stereocenters. The van der Waals surface area contributed by atoms with Crippen molar-refractivity contribution < 1.29 is 13.5 Å². The van der Waals surface area contributed by atoms with E-state index in [2.05, 4.69) is 0 Å². The molecule has 0 heterocycles. The predicted octanol–water partition coefficient (Wildman–Crippen LogP) is 2.23. The van der Waals surface area contributed by atoms with Crippen molar-refractivity contribution in [3.8, 4) is 0 Å². The first-order valence-corrected chi connectivity index (χ1v) is 7.72. The lowest BCUT2D eigenvalue weighted by Crippen LogP contribution is -2.42. The van der Waals surface area contributed by atoms with E-state index in [1.54, 1.807) is 25.2 Å². The van der Waals surface area contributed by atoms with E-state index in [1.807, 2.05) is 27.7 Å². The summed E-state index contributed by atoms with van der Waals surface area (Å²) in [6.45, 7) is 7.75. The Morgan fingerprint density at radius 2 is 1.89 bits per heavy atom. The van der Waals surface area contributed by atoms with Gasteiger partial charge >= 0.3 is 0 Å². The van der Waals surface area contributed by atoms with Gasteiger partial charge in [0.05, 0.1) is 11.5 Å². The van der Waals surface area contributed by atoms with Crippen molar-refractivity contribution >= 4 is 10.0 Å². The molecule has 0 saturated carbocycles. The zero-order chi connectivity index (χ0) is 14.8. The van der Waals surface area contributed by atoms with Crippen molar-refractivity contribution in [2.75, 3.05) is 7.05 Å². The van der Waals surface area contributed by atoms with E-state index in [4.69, 9.17) is 5.11 Å². The van der Waals surface area contributed by atoms with E-state index < -0.39 is 10.0 Å². The van der Waals surface area contributed by atoms with Gasteiger partial charge in [-0.1, -0.05) is 32.9 Å². The Bertz CT molecular complexity index is 532. The average molecular weight is 285 g/mol. The first-order valence-electron chi connectivity index (χ1n) is 6.28. The van der Waals surface area contributed by atoms with E-state index in [-0.39, 0.29) is 23.0 Å². The van der Waals surface area contributed by atoms with Crippen LogP contribution in [0.25, 0.3) is 0 Å². The number of nitrogens with zero attached hydrogens (tertiary/aromatic N) is 1. The molecule has 1 aromatic rings. The summed E-state index contributed by atoms with van der Waals surface area (Å²) in [5.74, 6) is 0. The highest BCUT2D eigenvalue weighted by Gasteiger charge is 2.32. The first kappa shape index (κ1) is 16.1. The van der Waals surface area contributed by atoms with Gasteiger partial charge in [0, 0.05) is 13.1 Å². The Labute approximate surface area is 116 Å². The van der Waals surface area contributed by atoms with Gasteiger partial charge < -0.3 is 5.11 Å². The van der Waals surface area contributed by atoms with Crippen LogP contribution in [0, 0.1) is 5.41 Å². The molecule has 0 aliphatic rings. The second-order valence-corrected chi connectivity index (χ2v) is 7.87. The maximum Gasteiger partial charge on any atom is 0.243 e. The lowest BCUT2D eigenvalue weighted by atomic mass is 9.88. The van der Waals surface area contributed by atoms with Gasteiger partial charge in [-0.2, -0.15) is 4.31 Å². The Hall–Kier alpha value is -0.910. The van der Waals surface area contributed by atoms with Crippen molar-refractivity contribution in [2.45, 2.75) is 45.2 Å². The molecule has 0 aliphatic heterocycles. The number of rotatable bonds is 4. The van der Waals surface area contributed by atoms with E-state index in [0.717, 1.165) is 0 Å².